The van der Waals surface area contributed by atoms with Crippen LogP contribution in [0.3, 0.4) is 0 Å². The maximum absolute atomic E-state index is 11.4. The van der Waals surface area contributed by atoms with E-state index in [1.165, 1.54) is 17.4 Å². The Labute approximate surface area is 143 Å². The molecule has 1 saturated heterocycles. The molecule has 4 rings (SSSR count). The number of hydrogen-bond acceptors (Lipinski definition) is 6. The molecular weight excluding hydrogens is 326 g/mol. The number of fused-ring (bicyclic) bond motifs is 1. The molecule has 1 fully saturated rings. The van der Waals surface area contributed by atoms with Gasteiger partial charge >= 0.3 is 6.09 Å². The molecule has 1 aromatic heterocycles. The molecule has 0 spiro atoms. The minimum Gasteiger partial charge on any atom is -0.465 e. The van der Waals surface area contributed by atoms with Gasteiger partial charge in [0.2, 0.25) is 6.20 Å². The molecule has 4 heterocycles. The highest BCUT2D eigenvalue weighted by atomic mass is 16.5. The Hall–Kier alpha value is -2.85. The second-order valence-corrected chi connectivity index (χ2v) is 6.21. The van der Waals surface area contributed by atoms with Crippen LogP contribution >= 0.6 is 0 Å². The molecule has 132 valence electrons. The molecule has 0 aliphatic carbocycles. The van der Waals surface area contributed by atoms with E-state index in [0.29, 0.717) is 5.76 Å². The van der Waals surface area contributed by atoms with Crippen molar-refractivity contribution in [3.05, 3.63) is 36.7 Å². The third-order valence-corrected chi connectivity index (χ3v) is 4.35. The van der Waals surface area contributed by atoms with Gasteiger partial charge in [0, 0.05) is 12.2 Å². The van der Waals surface area contributed by atoms with Crippen LogP contribution in [0.2, 0.25) is 0 Å². The number of carboxylic acid groups (broad SMARTS) is 1. The monoisotopic (exact) mass is 346 g/mol. The Morgan fingerprint density at radius 1 is 1.52 bits per heavy atom. The molecule has 0 saturated carbocycles. The van der Waals surface area contributed by atoms with Crippen molar-refractivity contribution in [2.45, 2.75) is 37.9 Å². The lowest BCUT2D eigenvalue weighted by molar-refractivity contribution is -0.514. The van der Waals surface area contributed by atoms with Crippen molar-refractivity contribution in [2.24, 2.45) is 0 Å². The molecular formula is C15H20N7O3+. The Kier molecular flexibility index (Phi) is 3.90. The summed E-state index contributed by atoms with van der Waals surface area (Å²) < 4.78 is 7.36. The number of aromatic nitrogens is 2. The number of carbonyl (C=O) groups is 1. The summed E-state index contributed by atoms with van der Waals surface area (Å²) in [6.45, 7) is 2.10. The zero-order valence-corrected chi connectivity index (χ0v) is 13.6. The van der Waals surface area contributed by atoms with Gasteiger partial charge in [-0.2, -0.15) is 9.67 Å². The van der Waals surface area contributed by atoms with Crippen LogP contribution in [0, 0.1) is 0 Å². The molecule has 3 unspecified atom stereocenters. The van der Waals surface area contributed by atoms with Crippen LogP contribution in [0.5, 0.6) is 0 Å². The van der Waals surface area contributed by atoms with Gasteiger partial charge < -0.3 is 15.2 Å². The van der Waals surface area contributed by atoms with Crippen molar-refractivity contribution in [2.75, 3.05) is 5.32 Å². The van der Waals surface area contributed by atoms with Crippen LogP contribution in [-0.2, 0) is 4.74 Å². The van der Waals surface area contributed by atoms with Crippen LogP contribution in [0.4, 0.5) is 10.6 Å². The van der Waals surface area contributed by atoms with Crippen LogP contribution in [0.1, 0.15) is 13.3 Å². The summed E-state index contributed by atoms with van der Waals surface area (Å²) in [4.78, 5) is 12.6. The van der Waals surface area contributed by atoms with Crippen molar-refractivity contribution in [3.8, 4) is 0 Å². The summed E-state index contributed by atoms with van der Waals surface area (Å²) in [6, 6.07) is 1.67. The van der Waals surface area contributed by atoms with E-state index in [1.54, 1.807) is 12.4 Å². The average Bonchev–Trinajstić information content (AvgIpc) is 3.22. The van der Waals surface area contributed by atoms with E-state index >= 15 is 0 Å². The first-order valence-corrected chi connectivity index (χ1v) is 8.07. The normalized spacial score (nSPS) is 31.0. The molecule has 0 bridgehead atoms. The number of anilines is 1. The fourth-order valence-corrected chi connectivity index (χ4v) is 3.22. The van der Waals surface area contributed by atoms with Gasteiger partial charge in [0.15, 0.2) is 18.0 Å². The minimum absolute atomic E-state index is 0.0331. The van der Waals surface area contributed by atoms with Crippen LogP contribution in [0.25, 0.3) is 0 Å². The zero-order valence-electron chi connectivity index (χ0n) is 13.6. The molecule has 1 aromatic rings. The van der Waals surface area contributed by atoms with Gasteiger partial charge in [0.1, 0.15) is 12.1 Å². The van der Waals surface area contributed by atoms with Crippen molar-refractivity contribution in [1.82, 2.24) is 25.7 Å². The number of aromatic amines is 1. The summed E-state index contributed by atoms with van der Waals surface area (Å²) in [6.07, 6.45) is 7.81. The van der Waals surface area contributed by atoms with Crippen molar-refractivity contribution < 1.29 is 19.2 Å². The minimum atomic E-state index is -1.02. The Balaban J connectivity index is 1.50. The predicted molar refractivity (Wildman–Crippen MR) is 88.4 cm³/mol. The number of amides is 1. The largest absolute Gasteiger partial charge is 0.465 e. The topological polar surface area (TPSA) is 118 Å². The molecule has 3 aliphatic rings. The first kappa shape index (κ1) is 15.7. The van der Waals surface area contributed by atoms with Crippen molar-refractivity contribution >= 4 is 18.1 Å². The van der Waals surface area contributed by atoms with E-state index in [2.05, 4.69) is 33.1 Å². The summed E-state index contributed by atoms with van der Waals surface area (Å²) in [5.74, 6) is 1.41. The zero-order chi connectivity index (χ0) is 17.4. The molecule has 10 nitrogen and oxygen atoms in total. The first-order chi connectivity index (χ1) is 12.1. The summed E-state index contributed by atoms with van der Waals surface area (Å²) >= 11 is 0. The first-order valence-electron chi connectivity index (χ1n) is 8.07. The van der Waals surface area contributed by atoms with E-state index in [9.17, 15) is 9.90 Å². The Morgan fingerprint density at radius 2 is 2.40 bits per heavy atom. The number of H-pyrrole nitrogens is 1. The summed E-state index contributed by atoms with van der Waals surface area (Å²) in [5, 5.41) is 26.4. The number of nitrogens with one attached hydrogen (secondary N) is 4. The van der Waals surface area contributed by atoms with Gasteiger partial charge in [-0.1, -0.05) is 0 Å². The molecule has 0 radical (unpaired) electrons. The number of rotatable bonds is 3. The SMILES string of the molecule is CC1CC(Nc2ccn[nH]2)NC([N+]2=C[C@@H]3C(=C2)OC=CN3C(=O)O)N1. The third-order valence-electron chi connectivity index (χ3n) is 4.35. The average molecular weight is 346 g/mol. The lowest BCUT2D eigenvalue weighted by Gasteiger charge is -2.33. The standard InChI is InChI=1S/C15H19N7O3/c1-9-6-13(18-12-2-3-16-20-12)19-14(17-9)21-7-10-11(8-21)25-5-4-22(10)15(23)24/h2-5,7-10,13-14,17,19H,6H2,1H3,(H2-,16,18,20,23,24)/p+1/t9?,10-,13?,14?/m1/s1. The lowest BCUT2D eigenvalue weighted by Crippen LogP contribution is -2.63. The van der Waals surface area contributed by atoms with Crippen LogP contribution in [0.15, 0.2) is 36.7 Å². The van der Waals surface area contributed by atoms with E-state index < -0.39 is 12.1 Å². The van der Waals surface area contributed by atoms with Gasteiger partial charge in [-0.05, 0) is 19.4 Å². The highest BCUT2D eigenvalue weighted by Crippen LogP contribution is 2.22. The highest BCUT2D eigenvalue weighted by Gasteiger charge is 2.41. The molecule has 3 aliphatic heterocycles. The number of ether oxygens (including phenoxy) is 1. The van der Waals surface area contributed by atoms with Gasteiger partial charge in [-0.15, -0.1) is 0 Å². The fourth-order valence-electron chi connectivity index (χ4n) is 3.22. The maximum Gasteiger partial charge on any atom is 0.412 e. The predicted octanol–water partition coefficient (Wildman–Crippen LogP) is 0.191. The van der Waals surface area contributed by atoms with Crippen LogP contribution in [-0.4, -0.2) is 61.6 Å². The fraction of sp³-hybridized carbons (Fsp3) is 0.400. The van der Waals surface area contributed by atoms with E-state index in [1.807, 2.05) is 16.9 Å². The van der Waals surface area contributed by atoms with Gasteiger partial charge in [-0.3, -0.25) is 10.00 Å². The quantitative estimate of drug-likeness (QED) is 0.496. The number of hydrogen-bond donors (Lipinski definition) is 5. The second kappa shape index (κ2) is 6.22. The Morgan fingerprint density at radius 3 is 3.16 bits per heavy atom. The lowest BCUT2D eigenvalue weighted by atomic mass is 10.1. The van der Waals surface area contributed by atoms with E-state index in [0.717, 1.165) is 12.2 Å². The smallest absolute Gasteiger partial charge is 0.412 e. The van der Waals surface area contributed by atoms with Crippen LogP contribution < -0.4 is 16.0 Å². The molecule has 1 amide bonds. The van der Waals surface area contributed by atoms with Gasteiger partial charge in [0.05, 0.1) is 12.4 Å². The Bertz CT molecular complexity index is 742. The molecule has 10 heteroatoms. The van der Waals surface area contributed by atoms with E-state index in [-0.39, 0.29) is 18.5 Å². The van der Waals surface area contributed by atoms with Gasteiger partial charge in [0.25, 0.3) is 6.29 Å². The van der Waals surface area contributed by atoms with Crippen molar-refractivity contribution in [1.29, 1.82) is 0 Å². The highest BCUT2D eigenvalue weighted by molar-refractivity contribution is 5.77. The second-order valence-electron chi connectivity index (χ2n) is 6.21. The number of nitrogens with zero attached hydrogens (tertiary/aromatic N) is 3. The maximum atomic E-state index is 11.4. The van der Waals surface area contributed by atoms with Crippen molar-refractivity contribution in [3.63, 3.8) is 0 Å². The molecule has 4 atom stereocenters. The summed E-state index contributed by atoms with van der Waals surface area (Å²) in [5.41, 5.74) is 0. The summed E-state index contributed by atoms with van der Waals surface area (Å²) in [7, 11) is 0. The van der Waals surface area contributed by atoms with Gasteiger partial charge in [-0.25, -0.2) is 15.4 Å². The molecule has 25 heavy (non-hydrogen) atoms. The molecule has 5 N–H and O–H groups in total. The van der Waals surface area contributed by atoms with E-state index in [4.69, 9.17) is 4.74 Å². The molecule has 0 aromatic carbocycles. The third kappa shape index (κ3) is 3.08.